The van der Waals surface area contributed by atoms with E-state index >= 15 is 0 Å². The molecule has 0 radical (unpaired) electrons. The summed E-state index contributed by atoms with van der Waals surface area (Å²) in [6.07, 6.45) is 3.56. The zero-order chi connectivity index (χ0) is 21.8. The van der Waals surface area contributed by atoms with E-state index in [9.17, 15) is 9.59 Å². The third kappa shape index (κ3) is 4.86. The largest absolute Gasteiger partial charge is 0.465 e. The van der Waals surface area contributed by atoms with Crippen molar-refractivity contribution in [3.8, 4) is 0 Å². The number of amides is 2. The quantitative estimate of drug-likeness (QED) is 0.548. The lowest BCUT2D eigenvalue weighted by atomic mass is 10.2. The minimum Gasteiger partial charge on any atom is -0.465 e. The molecule has 0 bridgehead atoms. The predicted molar refractivity (Wildman–Crippen MR) is 115 cm³/mol. The van der Waals surface area contributed by atoms with Gasteiger partial charge in [-0.25, -0.2) is 9.78 Å². The van der Waals surface area contributed by atoms with Gasteiger partial charge in [0.2, 0.25) is 5.76 Å². The molecule has 1 fully saturated rings. The normalized spacial score (nSPS) is 13.7. The van der Waals surface area contributed by atoms with E-state index in [1.54, 1.807) is 35.5 Å². The second-order valence-electron chi connectivity index (χ2n) is 6.77. The maximum absolute atomic E-state index is 12.7. The van der Waals surface area contributed by atoms with Crippen LogP contribution in [0.25, 0.3) is 0 Å². The molecule has 10 nitrogen and oxygen atoms in total. The van der Waals surface area contributed by atoms with Gasteiger partial charge in [-0.05, 0) is 30.3 Å². The summed E-state index contributed by atoms with van der Waals surface area (Å²) in [5.41, 5.74) is 1.90. The third-order valence-electron chi connectivity index (χ3n) is 4.73. The molecule has 2 amide bonds. The van der Waals surface area contributed by atoms with Crippen LogP contribution in [-0.2, 0) is 0 Å². The fraction of sp³-hybridized carbons (Fsp3) is 0.200. The molecule has 2 aromatic heterocycles. The van der Waals surface area contributed by atoms with Crippen molar-refractivity contribution >= 4 is 46.7 Å². The Balaban J connectivity index is 1.42. The summed E-state index contributed by atoms with van der Waals surface area (Å²) in [7, 11) is 0. The number of benzene rings is 1. The average molecular weight is 443 g/mol. The lowest BCUT2D eigenvalue weighted by molar-refractivity contribution is 0.0997. The Morgan fingerprint density at radius 2 is 1.77 bits per heavy atom. The number of carbonyl (C=O) groups excluding carboxylic acids is 1. The van der Waals surface area contributed by atoms with E-state index < -0.39 is 12.0 Å². The van der Waals surface area contributed by atoms with Crippen LogP contribution in [0.2, 0.25) is 5.02 Å². The first kappa shape index (κ1) is 20.5. The molecule has 3 N–H and O–H groups in total. The highest BCUT2D eigenvalue weighted by Gasteiger charge is 2.24. The molecule has 1 aliphatic rings. The van der Waals surface area contributed by atoms with Crippen LogP contribution in [0.15, 0.2) is 53.3 Å². The molecule has 0 atom stereocenters. The number of halogens is 1. The monoisotopic (exact) mass is 442 g/mol. The smallest absolute Gasteiger partial charge is 0.407 e. The Kier molecular flexibility index (Phi) is 5.89. The van der Waals surface area contributed by atoms with Crippen molar-refractivity contribution < 1.29 is 19.1 Å². The van der Waals surface area contributed by atoms with Gasteiger partial charge in [-0.1, -0.05) is 11.6 Å². The summed E-state index contributed by atoms with van der Waals surface area (Å²) in [6.45, 7) is 1.56. The molecular weight excluding hydrogens is 424 g/mol. The number of hydrogen-bond acceptors (Lipinski definition) is 7. The summed E-state index contributed by atoms with van der Waals surface area (Å²) in [5, 5.41) is 15.6. The number of nitrogens with one attached hydrogen (secondary N) is 2. The number of piperazine rings is 1. The molecular formula is C20H19ClN6O4. The van der Waals surface area contributed by atoms with E-state index in [1.165, 1.54) is 11.1 Å². The molecule has 0 saturated carbocycles. The maximum atomic E-state index is 12.7. The SMILES string of the molecule is O=C(Nc1ccncc1Nc1ccc(Cl)cc1)c1cnc(N2CCN(C(=O)O)CC2)o1. The van der Waals surface area contributed by atoms with Crippen LogP contribution < -0.4 is 15.5 Å². The zero-order valence-electron chi connectivity index (χ0n) is 16.3. The topological polar surface area (TPSA) is 124 Å². The number of nitrogens with zero attached hydrogens (tertiary/aromatic N) is 4. The number of oxazole rings is 1. The van der Waals surface area contributed by atoms with Crippen molar-refractivity contribution in [1.82, 2.24) is 14.9 Å². The molecule has 0 spiro atoms. The molecule has 160 valence electrons. The minimum absolute atomic E-state index is 0.0462. The van der Waals surface area contributed by atoms with E-state index in [2.05, 4.69) is 20.6 Å². The Hall–Kier alpha value is -3.79. The molecule has 1 aliphatic heterocycles. The predicted octanol–water partition coefficient (Wildman–Crippen LogP) is 3.52. The molecule has 11 heteroatoms. The Morgan fingerprint density at radius 1 is 1.03 bits per heavy atom. The fourth-order valence-corrected chi connectivity index (χ4v) is 3.21. The summed E-state index contributed by atoms with van der Waals surface area (Å²) in [6, 6.07) is 9.08. The van der Waals surface area contributed by atoms with Crippen LogP contribution in [0.5, 0.6) is 0 Å². The van der Waals surface area contributed by atoms with Crippen LogP contribution in [0.1, 0.15) is 10.6 Å². The molecule has 4 rings (SSSR count). The van der Waals surface area contributed by atoms with Gasteiger partial charge >= 0.3 is 6.09 Å². The number of carbonyl (C=O) groups is 2. The number of rotatable bonds is 5. The van der Waals surface area contributed by atoms with Crippen LogP contribution in [0.4, 0.5) is 27.9 Å². The van der Waals surface area contributed by atoms with Crippen molar-refractivity contribution in [2.45, 2.75) is 0 Å². The molecule has 31 heavy (non-hydrogen) atoms. The van der Waals surface area contributed by atoms with Crippen LogP contribution in [0, 0.1) is 0 Å². The standard InChI is InChI=1S/C20H19ClN6O4/c21-13-1-3-14(4-2-13)24-16-11-22-6-5-15(16)25-18(28)17-12-23-19(31-17)26-7-9-27(10-8-26)20(29)30/h1-6,11-12,24H,7-10H2,(H,29,30)(H,22,25,28). The van der Waals surface area contributed by atoms with E-state index in [0.29, 0.717) is 42.6 Å². The number of carboxylic acid groups (broad SMARTS) is 1. The Morgan fingerprint density at radius 3 is 2.48 bits per heavy atom. The highest BCUT2D eigenvalue weighted by atomic mass is 35.5. The number of hydrogen-bond donors (Lipinski definition) is 3. The van der Waals surface area contributed by atoms with Gasteiger partial charge in [-0.2, -0.15) is 0 Å². The van der Waals surface area contributed by atoms with Crippen LogP contribution in [-0.4, -0.2) is 58.2 Å². The summed E-state index contributed by atoms with van der Waals surface area (Å²) in [4.78, 5) is 35.1. The van der Waals surface area contributed by atoms with Crippen molar-refractivity contribution in [3.63, 3.8) is 0 Å². The van der Waals surface area contributed by atoms with Gasteiger partial charge < -0.3 is 30.0 Å². The number of anilines is 4. The second kappa shape index (κ2) is 8.92. The second-order valence-corrected chi connectivity index (χ2v) is 7.21. The highest BCUT2D eigenvalue weighted by molar-refractivity contribution is 6.30. The number of pyridine rings is 1. The van der Waals surface area contributed by atoms with Gasteiger partial charge in [0.15, 0.2) is 0 Å². The molecule has 3 heterocycles. The van der Waals surface area contributed by atoms with Crippen molar-refractivity contribution in [1.29, 1.82) is 0 Å². The van der Waals surface area contributed by atoms with Gasteiger partial charge in [0.1, 0.15) is 0 Å². The summed E-state index contributed by atoms with van der Waals surface area (Å²) >= 11 is 5.92. The van der Waals surface area contributed by atoms with E-state index in [4.69, 9.17) is 21.1 Å². The van der Waals surface area contributed by atoms with Gasteiger partial charge in [-0.3, -0.25) is 9.78 Å². The third-order valence-corrected chi connectivity index (χ3v) is 4.98. The minimum atomic E-state index is -0.951. The van der Waals surface area contributed by atoms with Gasteiger partial charge in [0.25, 0.3) is 11.9 Å². The fourth-order valence-electron chi connectivity index (χ4n) is 3.08. The summed E-state index contributed by atoms with van der Waals surface area (Å²) < 4.78 is 5.61. The van der Waals surface area contributed by atoms with E-state index in [1.807, 2.05) is 12.1 Å². The Bertz CT molecular complexity index is 1080. The first-order valence-corrected chi connectivity index (χ1v) is 9.84. The lowest BCUT2D eigenvalue weighted by Crippen LogP contribution is -2.48. The molecule has 0 unspecified atom stereocenters. The first-order valence-electron chi connectivity index (χ1n) is 9.46. The summed E-state index contributed by atoms with van der Waals surface area (Å²) in [5.74, 6) is -0.418. The molecule has 0 aliphatic carbocycles. The number of aromatic nitrogens is 2. The molecule has 3 aromatic rings. The van der Waals surface area contributed by atoms with Gasteiger partial charge in [-0.15, -0.1) is 0 Å². The lowest BCUT2D eigenvalue weighted by Gasteiger charge is -2.31. The van der Waals surface area contributed by atoms with E-state index in [-0.39, 0.29) is 11.8 Å². The highest BCUT2D eigenvalue weighted by Crippen LogP contribution is 2.26. The van der Waals surface area contributed by atoms with Crippen LogP contribution in [0.3, 0.4) is 0 Å². The van der Waals surface area contributed by atoms with Crippen molar-refractivity contribution in [2.24, 2.45) is 0 Å². The Labute approximate surface area is 182 Å². The van der Waals surface area contributed by atoms with Crippen molar-refractivity contribution in [3.05, 3.63) is 59.7 Å². The molecule has 1 aromatic carbocycles. The average Bonchev–Trinajstić information content (AvgIpc) is 3.27. The van der Waals surface area contributed by atoms with Gasteiger partial charge in [0, 0.05) is 43.1 Å². The molecule has 1 saturated heterocycles. The first-order chi connectivity index (χ1) is 15.0. The maximum Gasteiger partial charge on any atom is 0.407 e. The van der Waals surface area contributed by atoms with Crippen LogP contribution >= 0.6 is 11.6 Å². The van der Waals surface area contributed by atoms with Crippen molar-refractivity contribution in [2.75, 3.05) is 41.7 Å². The van der Waals surface area contributed by atoms with E-state index in [0.717, 1.165) is 5.69 Å². The van der Waals surface area contributed by atoms with Gasteiger partial charge in [0.05, 0.1) is 23.8 Å². The zero-order valence-corrected chi connectivity index (χ0v) is 17.0.